The van der Waals surface area contributed by atoms with Crippen LogP contribution in [0.4, 0.5) is 10.2 Å². The zero-order valence-corrected chi connectivity index (χ0v) is 13.4. The highest BCUT2D eigenvalue weighted by Gasteiger charge is 2.26. The molecule has 0 spiro atoms. The summed E-state index contributed by atoms with van der Waals surface area (Å²) in [7, 11) is 0. The minimum absolute atomic E-state index is 0.0866. The van der Waals surface area contributed by atoms with E-state index in [1.165, 1.54) is 17.2 Å². The number of nitrogens with two attached hydrogens (primary N) is 1. The van der Waals surface area contributed by atoms with Crippen molar-refractivity contribution >= 4 is 17.0 Å². The van der Waals surface area contributed by atoms with E-state index in [1.807, 2.05) is 13.8 Å². The largest absolute Gasteiger partial charge is 0.382 e. The quantitative estimate of drug-likeness (QED) is 0.758. The molecule has 2 aromatic heterocycles. The van der Waals surface area contributed by atoms with Crippen LogP contribution in [-0.2, 0) is 4.74 Å². The van der Waals surface area contributed by atoms with Crippen LogP contribution in [0, 0.1) is 11.8 Å². The molecule has 22 heavy (non-hydrogen) atoms. The number of alkyl halides is 1. The van der Waals surface area contributed by atoms with Crippen LogP contribution in [0.2, 0.25) is 0 Å². The predicted octanol–water partition coefficient (Wildman–Crippen LogP) is 2.97. The highest BCUT2D eigenvalue weighted by atomic mass is 19.1. The van der Waals surface area contributed by atoms with Crippen LogP contribution in [-0.4, -0.2) is 32.7 Å². The van der Waals surface area contributed by atoms with E-state index in [-0.39, 0.29) is 17.7 Å². The summed E-state index contributed by atoms with van der Waals surface area (Å²) in [4.78, 5) is 12.1. The molecular weight excluding hydrogens is 285 g/mol. The molecule has 0 saturated carbocycles. The number of ether oxygens (including phenoxy) is 1. The number of nitrogens with zero attached hydrogens (tertiary/aromatic N) is 4. The van der Waals surface area contributed by atoms with E-state index in [1.54, 1.807) is 0 Å². The molecule has 2 N–H and O–H groups in total. The number of unbranched alkanes of at least 4 members (excludes halogenated alkanes) is 1. The Bertz CT molecular complexity index is 603. The summed E-state index contributed by atoms with van der Waals surface area (Å²) in [6, 6.07) is 0. The maximum atomic E-state index is 14.8. The van der Waals surface area contributed by atoms with Gasteiger partial charge in [0.2, 0.25) is 0 Å². The van der Waals surface area contributed by atoms with Crippen molar-refractivity contribution in [3.05, 3.63) is 12.7 Å². The summed E-state index contributed by atoms with van der Waals surface area (Å²) in [5, 5.41) is 0. The number of aromatic nitrogens is 4. The number of rotatable bonds is 8. The summed E-state index contributed by atoms with van der Waals surface area (Å²) in [5.74, 6) is 0.123. The fourth-order valence-corrected chi connectivity index (χ4v) is 2.24. The lowest BCUT2D eigenvalue weighted by atomic mass is 9.95. The summed E-state index contributed by atoms with van der Waals surface area (Å²) in [6.45, 7) is 7.25. The topological polar surface area (TPSA) is 78.9 Å². The van der Waals surface area contributed by atoms with Gasteiger partial charge in [0.05, 0.1) is 6.33 Å². The molecule has 2 aromatic rings. The Morgan fingerprint density at radius 2 is 2.09 bits per heavy atom. The molecule has 0 aliphatic rings. The van der Waals surface area contributed by atoms with E-state index in [0.717, 1.165) is 19.4 Å². The van der Waals surface area contributed by atoms with Crippen molar-refractivity contribution < 1.29 is 9.13 Å². The number of halogens is 1. The van der Waals surface area contributed by atoms with Gasteiger partial charge >= 0.3 is 0 Å². The molecule has 0 aromatic carbocycles. The fourth-order valence-electron chi connectivity index (χ4n) is 2.24. The third-order valence-electron chi connectivity index (χ3n) is 4.01. The van der Waals surface area contributed by atoms with Gasteiger partial charge in [-0.1, -0.05) is 27.2 Å². The van der Waals surface area contributed by atoms with Gasteiger partial charge in [0.15, 0.2) is 17.8 Å². The number of hydrogen-bond donors (Lipinski definition) is 1. The zero-order valence-electron chi connectivity index (χ0n) is 13.4. The summed E-state index contributed by atoms with van der Waals surface area (Å²) in [6.07, 6.45) is 3.65. The normalized spacial score (nSPS) is 15.8. The van der Waals surface area contributed by atoms with Gasteiger partial charge in [0.1, 0.15) is 11.8 Å². The Kier molecular flexibility index (Phi) is 5.65. The maximum Gasteiger partial charge on any atom is 0.181 e. The van der Waals surface area contributed by atoms with Gasteiger partial charge in [0, 0.05) is 19.1 Å². The van der Waals surface area contributed by atoms with Gasteiger partial charge in [-0.25, -0.2) is 19.3 Å². The molecule has 2 heterocycles. The van der Waals surface area contributed by atoms with Crippen molar-refractivity contribution in [2.45, 2.75) is 39.9 Å². The minimum Gasteiger partial charge on any atom is -0.382 e. The molecule has 3 atom stereocenters. The van der Waals surface area contributed by atoms with Crippen molar-refractivity contribution in [3.8, 4) is 0 Å². The Hall–Kier alpha value is -1.76. The molecule has 6 nitrogen and oxygen atoms in total. The highest BCUT2D eigenvalue weighted by Crippen LogP contribution is 2.29. The molecule has 0 aliphatic heterocycles. The van der Waals surface area contributed by atoms with Crippen molar-refractivity contribution in [1.82, 2.24) is 19.5 Å². The zero-order chi connectivity index (χ0) is 16.1. The van der Waals surface area contributed by atoms with E-state index in [9.17, 15) is 4.39 Å². The van der Waals surface area contributed by atoms with Gasteiger partial charge in [-0.05, 0) is 12.3 Å². The Balaban J connectivity index is 2.05. The first kappa shape index (κ1) is 16.6. The van der Waals surface area contributed by atoms with E-state index in [2.05, 4.69) is 21.9 Å². The van der Waals surface area contributed by atoms with Gasteiger partial charge < -0.3 is 10.5 Å². The third kappa shape index (κ3) is 3.52. The number of fused-ring (bicyclic) bond motifs is 1. The summed E-state index contributed by atoms with van der Waals surface area (Å²) in [5.41, 5.74) is 6.59. The van der Waals surface area contributed by atoms with Gasteiger partial charge in [-0.15, -0.1) is 0 Å². The Labute approximate surface area is 129 Å². The van der Waals surface area contributed by atoms with Crippen LogP contribution < -0.4 is 5.73 Å². The first-order valence-corrected chi connectivity index (χ1v) is 7.71. The Morgan fingerprint density at radius 1 is 1.32 bits per heavy atom. The summed E-state index contributed by atoms with van der Waals surface area (Å²) < 4.78 is 21.8. The van der Waals surface area contributed by atoms with Crippen LogP contribution in [0.5, 0.6) is 0 Å². The smallest absolute Gasteiger partial charge is 0.181 e. The van der Waals surface area contributed by atoms with E-state index in [0.29, 0.717) is 17.8 Å². The SMILES string of the molecule is CCCCOC[C@@H](C)C(C)[C@@H](F)n1cnc2c(N)ncnc21. The van der Waals surface area contributed by atoms with Crippen LogP contribution in [0.3, 0.4) is 0 Å². The Morgan fingerprint density at radius 3 is 2.82 bits per heavy atom. The molecule has 0 amide bonds. The van der Waals surface area contributed by atoms with Gasteiger partial charge in [-0.2, -0.15) is 0 Å². The molecule has 2 rings (SSSR count). The van der Waals surface area contributed by atoms with Gasteiger partial charge in [-0.3, -0.25) is 4.57 Å². The monoisotopic (exact) mass is 309 g/mol. The lowest BCUT2D eigenvalue weighted by molar-refractivity contribution is 0.0449. The van der Waals surface area contributed by atoms with Crippen molar-refractivity contribution in [2.75, 3.05) is 18.9 Å². The molecule has 122 valence electrons. The lowest BCUT2D eigenvalue weighted by Crippen LogP contribution is -2.23. The van der Waals surface area contributed by atoms with Crippen LogP contribution >= 0.6 is 0 Å². The molecular formula is C15H24FN5O. The minimum atomic E-state index is -1.23. The van der Waals surface area contributed by atoms with Gasteiger partial charge in [0.25, 0.3) is 0 Å². The fraction of sp³-hybridized carbons (Fsp3) is 0.667. The molecule has 0 fully saturated rings. The van der Waals surface area contributed by atoms with Crippen LogP contribution in [0.15, 0.2) is 12.7 Å². The molecule has 1 unspecified atom stereocenters. The molecule has 0 aliphatic carbocycles. The third-order valence-corrected chi connectivity index (χ3v) is 4.01. The summed E-state index contributed by atoms with van der Waals surface area (Å²) >= 11 is 0. The maximum absolute atomic E-state index is 14.8. The second kappa shape index (κ2) is 7.49. The molecule has 0 radical (unpaired) electrons. The van der Waals surface area contributed by atoms with Crippen LogP contribution in [0.1, 0.15) is 39.9 Å². The second-order valence-electron chi connectivity index (χ2n) is 5.72. The van der Waals surface area contributed by atoms with Crippen molar-refractivity contribution in [3.63, 3.8) is 0 Å². The molecule has 0 saturated heterocycles. The van der Waals surface area contributed by atoms with Crippen molar-refractivity contribution in [2.24, 2.45) is 11.8 Å². The number of anilines is 1. The number of hydrogen-bond acceptors (Lipinski definition) is 5. The first-order chi connectivity index (χ1) is 10.6. The number of imidazole rings is 1. The number of nitrogen functional groups attached to an aromatic ring is 1. The molecule has 0 bridgehead atoms. The lowest BCUT2D eigenvalue weighted by Gasteiger charge is -2.24. The average Bonchev–Trinajstić information content (AvgIpc) is 2.95. The first-order valence-electron chi connectivity index (χ1n) is 7.71. The highest BCUT2D eigenvalue weighted by molar-refractivity contribution is 5.81. The second-order valence-corrected chi connectivity index (χ2v) is 5.72. The van der Waals surface area contributed by atoms with E-state index < -0.39 is 6.30 Å². The van der Waals surface area contributed by atoms with E-state index in [4.69, 9.17) is 10.5 Å². The standard InChI is InChI=1S/C15H24FN5O/c1-4-5-6-22-7-10(2)11(3)13(16)21-9-20-12-14(17)18-8-19-15(12)21/h8-11,13H,4-7H2,1-3H3,(H2,17,18,19)/t10-,11?,13+/m1/s1. The predicted molar refractivity (Wildman–Crippen MR) is 83.9 cm³/mol. The van der Waals surface area contributed by atoms with Crippen LogP contribution in [0.25, 0.3) is 11.2 Å². The van der Waals surface area contributed by atoms with E-state index >= 15 is 0 Å². The molecule has 7 heteroatoms. The average molecular weight is 309 g/mol. The van der Waals surface area contributed by atoms with Crippen molar-refractivity contribution in [1.29, 1.82) is 0 Å².